The molecule has 0 radical (unpaired) electrons. The summed E-state index contributed by atoms with van der Waals surface area (Å²) in [5, 5.41) is 0. The topological polar surface area (TPSA) is 44.5 Å². The van der Waals surface area contributed by atoms with E-state index in [-0.39, 0.29) is 0 Å². The van der Waals surface area contributed by atoms with Crippen LogP contribution in [0.1, 0.15) is 117 Å². The van der Waals surface area contributed by atoms with E-state index in [2.05, 4.69) is 81.8 Å². The lowest BCUT2D eigenvalue weighted by Gasteiger charge is -2.11. The number of rotatable bonds is 4. The highest BCUT2D eigenvalue weighted by Crippen LogP contribution is 2.50. The van der Waals surface area contributed by atoms with Crippen molar-refractivity contribution in [2.75, 3.05) is 0 Å². The van der Waals surface area contributed by atoms with Gasteiger partial charge in [0, 0.05) is 22.1 Å². The Balaban J connectivity index is 1.78. The van der Waals surface area contributed by atoms with Gasteiger partial charge in [0.25, 0.3) is 0 Å². The normalized spacial score (nSPS) is 19.1. The molecule has 1 fully saturated rings. The summed E-state index contributed by atoms with van der Waals surface area (Å²) in [6.45, 7) is 13.7. The van der Waals surface area contributed by atoms with Gasteiger partial charge in [0.05, 0.1) is 11.4 Å². The van der Waals surface area contributed by atoms with Crippen LogP contribution in [0.25, 0.3) is 33.2 Å². The van der Waals surface area contributed by atoms with Crippen LogP contribution < -0.4 is 0 Å². The summed E-state index contributed by atoms with van der Waals surface area (Å²) < 4.78 is 0. The minimum Gasteiger partial charge on any atom is -0.355 e. The van der Waals surface area contributed by atoms with Crippen LogP contribution in [0.15, 0.2) is 30.3 Å². The van der Waals surface area contributed by atoms with Gasteiger partial charge in [-0.2, -0.15) is 0 Å². The van der Waals surface area contributed by atoms with Crippen molar-refractivity contribution in [3.63, 3.8) is 0 Å². The van der Waals surface area contributed by atoms with E-state index in [0.29, 0.717) is 11.8 Å². The number of fused-ring (bicyclic) bond motifs is 11. The second kappa shape index (κ2) is 9.35. The zero-order chi connectivity index (χ0) is 25.8. The maximum atomic E-state index is 5.25. The third kappa shape index (κ3) is 3.81. The lowest BCUT2D eigenvalue weighted by atomic mass is 9.93. The van der Waals surface area contributed by atoms with Gasteiger partial charge < -0.3 is 9.97 Å². The summed E-state index contributed by atoms with van der Waals surface area (Å²) in [5.41, 5.74) is 18.6. The third-order valence-electron chi connectivity index (χ3n) is 9.43. The number of aromatic amines is 2. The Labute approximate surface area is 221 Å². The summed E-state index contributed by atoms with van der Waals surface area (Å²) in [5.74, 6) is 1.27. The molecular weight excluding hydrogens is 450 g/mol. The van der Waals surface area contributed by atoms with Crippen molar-refractivity contribution in [1.29, 1.82) is 0 Å². The maximum absolute atomic E-state index is 5.25. The predicted molar refractivity (Wildman–Crippen MR) is 158 cm³/mol. The van der Waals surface area contributed by atoms with Gasteiger partial charge in [-0.25, -0.2) is 4.98 Å². The highest BCUT2D eigenvalue weighted by molar-refractivity contribution is 5.92. The minimum absolute atomic E-state index is 0.631. The lowest BCUT2D eigenvalue weighted by molar-refractivity contribution is 0.655. The molecule has 1 saturated carbocycles. The molecule has 37 heavy (non-hydrogen) atoms. The van der Waals surface area contributed by atoms with Crippen molar-refractivity contribution < 1.29 is 0 Å². The molecule has 3 aromatic rings. The molecule has 3 heteroatoms. The minimum atomic E-state index is 0.631. The van der Waals surface area contributed by atoms with Crippen molar-refractivity contribution in [3.05, 3.63) is 75.1 Å². The number of hydrogen-bond acceptors (Lipinski definition) is 1. The monoisotopic (exact) mass is 491 g/mol. The van der Waals surface area contributed by atoms with E-state index in [1.807, 2.05) is 0 Å². The Kier molecular flexibility index (Phi) is 6.13. The largest absolute Gasteiger partial charge is 0.355 e. The number of nitrogens with zero attached hydrogens (tertiary/aromatic N) is 1. The zero-order valence-corrected chi connectivity index (χ0v) is 23.4. The highest BCUT2D eigenvalue weighted by Gasteiger charge is 2.34. The number of H-pyrrole nitrogens is 2. The first-order valence-corrected chi connectivity index (χ1v) is 14.6. The quantitative estimate of drug-likeness (QED) is 0.375. The lowest BCUT2D eigenvalue weighted by Crippen LogP contribution is -1.96. The van der Waals surface area contributed by atoms with Crippen LogP contribution in [0.2, 0.25) is 0 Å². The van der Waals surface area contributed by atoms with E-state index in [1.165, 1.54) is 85.9 Å². The molecule has 3 aromatic heterocycles. The van der Waals surface area contributed by atoms with Crippen LogP contribution in [-0.2, 0) is 19.3 Å². The molecule has 0 amide bonds. The molecular formula is C34H41N3. The number of hydrogen-bond donors (Lipinski definition) is 2. The van der Waals surface area contributed by atoms with Crippen LogP contribution in [-0.4, -0.2) is 15.0 Å². The summed E-state index contributed by atoms with van der Waals surface area (Å²) in [6.07, 6.45) is 7.96. The molecule has 1 aliphatic heterocycles. The predicted octanol–water partition coefficient (Wildman–Crippen LogP) is 9.31. The summed E-state index contributed by atoms with van der Waals surface area (Å²) in [4.78, 5) is 12.9. The maximum Gasteiger partial charge on any atom is 0.0693 e. The second-order valence-corrected chi connectivity index (χ2v) is 11.2. The zero-order valence-electron chi connectivity index (χ0n) is 23.4. The first-order chi connectivity index (χ1) is 18.0. The fourth-order valence-corrected chi connectivity index (χ4v) is 7.48. The molecule has 0 saturated heterocycles. The average molecular weight is 492 g/mol. The summed E-state index contributed by atoms with van der Waals surface area (Å²) in [6, 6.07) is 12.1. The number of aromatic nitrogens is 3. The van der Waals surface area contributed by atoms with E-state index in [9.17, 15) is 0 Å². The highest BCUT2D eigenvalue weighted by atomic mass is 14.8. The Morgan fingerprint density at radius 3 is 1.89 bits per heavy atom. The van der Waals surface area contributed by atoms with E-state index >= 15 is 0 Å². The summed E-state index contributed by atoms with van der Waals surface area (Å²) >= 11 is 0. The Morgan fingerprint density at radius 1 is 0.649 bits per heavy atom. The van der Waals surface area contributed by atoms with Gasteiger partial charge >= 0.3 is 0 Å². The molecule has 0 spiro atoms. The van der Waals surface area contributed by atoms with Crippen LogP contribution in [0, 0.1) is 6.92 Å². The van der Waals surface area contributed by atoms with Crippen molar-refractivity contribution in [3.8, 4) is 0 Å². The van der Waals surface area contributed by atoms with Crippen molar-refractivity contribution in [1.82, 2.24) is 15.0 Å². The SMILES string of the molecule is CCC1=C(C)c2cc3cc(cc4[nH]c(cc5[nH]c(cc1n2)c(CC)c5CC)c(CC)c4C)C1CCCC31. The molecule has 2 N–H and O–H groups in total. The molecule has 2 aliphatic carbocycles. The van der Waals surface area contributed by atoms with Crippen molar-refractivity contribution >= 4 is 33.2 Å². The molecule has 4 heterocycles. The molecule has 2 atom stereocenters. The Bertz CT molecular complexity index is 1580. The van der Waals surface area contributed by atoms with Gasteiger partial charge in [0.1, 0.15) is 0 Å². The van der Waals surface area contributed by atoms with Crippen molar-refractivity contribution in [2.45, 2.75) is 98.3 Å². The van der Waals surface area contributed by atoms with Gasteiger partial charge in [-0.15, -0.1) is 0 Å². The number of nitrogens with one attached hydrogen (secondary N) is 2. The van der Waals surface area contributed by atoms with E-state index < -0.39 is 0 Å². The van der Waals surface area contributed by atoms with Crippen LogP contribution >= 0.6 is 0 Å². The van der Waals surface area contributed by atoms with Gasteiger partial charge in [-0.1, -0.05) is 40.2 Å². The van der Waals surface area contributed by atoms with E-state index in [1.54, 1.807) is 0 Å². The van der Waals surface area contributed by atoms with E-state index in [0.717, 1.165) is 37.1 Å². The first kappa shape index (κ1) is 24.3. The smallest absolute Gasteiger partial charge is 0.0693 e. The van der Waals surface area contributed by atoms with Gasteiger partial charge in [-0.3, -0.25) is 0 Å². The van der Waals surface area contributed by atoms with Crippen molar-refractivity contribution in [2.24, 2.45) is 0 Å². The molecule has 0 aromatic carbocycles. The molecule has 6 rings (SSSR count). The second-order valence-electron chi connectivity index (χ2n) is 11.2. The van der Waals surface area contributed by atoms with Crippen LogP contribution in [0.3, 0.4) is 0 Å². The molecule has 3 nitrogen and oxygen atoms in total. The molecule has 192 valence electrons. The third-order valence-corrected chi connectivity index (χ3v) is 9.43. The molecule has 8 bridgehead atoms. The molecule has 2 unspecified atom stereocenters. The van der Waals surface area contributed by atoms with E-state index in [4.69, 9.17) is 4.98 Å². The van der Waals surface area contributed by atoms with Gasteiger partial charge in [0.2, 0.25) is 0 Å². The Morgan fingerprint density at radius 2 is 1.24 bits per heavy atom. The van der Waals surface area contributed by atoms with Crippen LogP contribution in [0.4, 0.5) is 0 Å². The van der Waals surface area contributed by atoms with Gasteiger partial charge in [-0.05, 0) is 133 Å². The Hall–Kier alpha value is -3.07. The molecule has 3 aliphatic rings. The fraction of sp³-hybridized carbons (Fsp3) is 0.441. The van der Waals surface area contributed by atoms with Gasteiger partial charge in [0.15, 0.2) is 0 Å². The first-order valence-electron chi connectivity index (χ1n) is 14.6. The average Bonchev–Trinajstić information content (AvgIpc) is 3.67. The summed E-state index contributed by atoms with van der Waals surface area (Å²) in [7, 11) is 0. The number of aryl methyl sites for hydroxylation is 4. The number of allylic oxidation sites excluding steroid dienone is 2. The fourth-order valence-electron chi connectivity index (χ4n) is 7.48. The van der Waals surface area contributed by atoms with Crippen LogP contribution in [0.5, 0.6) is 0 Å². The standard InChI is InChI=1S/C34H41N3/c1-7-23-19(5)29-15-21-14-22(28-13-11-12-27(21)28)16-30-20(6)24(8-2)32(36-30)18-34-26(10-4)25(9-3)33(37-34)17-31(23)35-29/h14-18,27-28,35,37H,7-13H2,1-6H3.